The number of benzene rings is 1. The fourth-order valence-corrected chi connectivity index (χ4v) is 3.53. The summed E-state index contributed by atoms with van der Waals surface area (Å²) >= 11 is 0. The van der Waals surface area contributed by atoms with Crippen molar-refractivity contribution >= 4 is 6.09 Å². The Hall–Kier alpha value is -2.17. The number of allylic oxidation sites excluding steroid dienone is 2. The van der Waals surface area contributed by atoms with Gasteiger partial charge in [0.25, 0.3) is 0 Å². The number of nitrogens with zero attached hydrogens (tertiary/aromatic N) is 1. The van der Waals surface area contributed by atoms with Crippen molar-refractivity contribution in [2.75, 3.05) is 14.2 Å². The largest absolute Gasteiger partial charge is 0.497 e. The minimum absolute atomic E-state index is 0.101. The molecule has 1 amide bonds. The molecule has 1 aromatic carbocycles. The zero-order valence-electron chi connectivity index (χ0n) is 12.9. The van der Waals surface area contributed by atoms with Gasteiger partial charge in [-0.1, -0.05) is 12.2 Å². The van der Waals surface area contributed by atoms with Gasteiger partial charge in [-0.25, -0.2) is 4.79 Å². The van der Waals surface area contributed by atoms with Crippen molar-refractivity contribution in [3.05, 3.63) is 35.9 Å². The van der Waals surface area contributed by atoms with Crippen molar-refractivity contribution < 1.29 is 19.4 Å². The minimum Gasteiger partial charge on any atom is -0.497 e. The van der Waals surface area contributed by atoms with Gasteiger partial charge in [-0.2, -0.15) is 0 Å². The lowest BCUT2D eigenvalue weighted by molar-refractivity contribution is 0.0322. The topological polar surface area (TPSA) is 59.0 Å². The zero-order valence-corrected chi connectivity index (χ0v) is 12.9. The van der Waals surface area contributed by atoms with Crippen LogP contribution in [-0.2, 0) is 6.54 Å². The number of hydrogen-bond acceptors (Lipinski definition) is 3. The molecule has 3 atom stereocenters. The Kier molecular flexibility index (Phi) is 3.96. The molecule has 0 radical (unpaired) electrons. The van der Waals surface area contributed by atoms with E-state index in [1.54, 1.807) is 25.2 Å². The highest BCUT2D eigenvalue weighted by molar-refractivity contribution is 5.66. The fraction of sp³-hybridized carbons (Fsp3) is 0.471. The van der Waals surface area contributed by atoms with Gasteiger partial charge in [-0.3, -0.25) is 0 Å². The monoisotopic (exact) mass is 303 g/mol. The maximum atomic E-state index is 11.7. The van der Waals surface area contributed by atoms with E-state index in [-0.39, 0.29) is 6.04 Å². The summed E-state index contributed by atoms with van der Waals surface area (Å²) < 4.78 is 10.6. The number of carbonyl (C=O) groups is 1. The van der Waals surface area contributed by atoms with Crippen LogP contribution in [0.15, 0.2) is 30.4 Å². The van der Waals surface area contributed by atoms with Crippen molar-refractivity contribution in [1.82, 2.24) is 4.90 Å². The molecule has 1 saturated carbocycles. The van der Waals surface area contributed by atoms with Gasteiger partial charge in [0.15, 0.2) is 0 Å². The first-order chi connectivity index (χ1) is 10.6. The van der Waals surface area contributed by atoms with E-state index >= 15 is 0 Å². The Labute approximate surface area is 130 Å². The highest BCUT2D eigenvalue weighted by atomic mass is 16.5. The Morgan fingerprint density at radius 1 is 1.36 bits per heavy atom. The number of rotatable bonds is 5. The summed E-state index contributed by atoms with van der Waals surface area (Å²) in [6.07, 6.45) is 5.43. The van der Waals surface area contributed by atoms with E-state index in [2.05, 4.69) is 12.2 Å². The summed E-state index contributed by atoms with van der Waals surface area (Å²) in [6.45, 7) is 0.344. The molecule has 2 aliphatic rings. The first-order valence-electron chi connectivity index (χ1n) is 7.51. The summed E-state index contributed by atoms with van der Waals surface area (Å²) in [6, 6.07) is 5.59. The first kappa shape index (κ1) is 14.8. The second-order valence-corrected chi connectivity index (χ2v) is 5.88. The average molecular weight is 303 g/mol. The quantitative estimate of drug-likeness (QED) is 0.849. The molecule has 22 heavy (non-hydrogen) atoms. The molecule has 0 aromatic heterocycles. The summed E-state index contributed by atoms with van der Waals surface area (Å²) in [4.78, 5) is 13.2. The summed E-state index contributed by atoms with van der Waals surface area (Å²) in [7, 11) is 3.18. The number of methoxy groups -OCH3 is 2. The number of ether oxygens (including phenoxy) is 2. The molecule has 0 spiro atoms. The third kappa shape index (κ3) is 2.51. The molecule has 118 valence electrons. The molecular formula is C17H21NO4. The van der Waals surface area contributed by atoms with Crippen molar-refractivity contribution in [3.63, 3.8) is 0 Å². The lowest BCUT2D eigenvalue weighted by Crippen LogP contribution is -2.52. The van der Waals surface area contributed by atoms with Gasteiger partial charge in [0.1, 0.15) is 11.5 Å². The molecule has 0 unspecified atom stereocenters. The molecule has 0 saturated heterocycles. The molecular weight excluding hydrogens is 282 g/mol. The second-order valence-electron chi connectivity index (χ2n) is 5.88. The fourth-order valence-electron chi connectivity index (χ4n) is 3.53. The van der Waals surface area contributed by atoms with Crippen LogP contribution in [0.4, 0.5) is 4.79 Å². The number of carboxylic acid groups (broad SMARTS) is 1. The predicted molar refractivity (Wildman–Crippen MR) is 82.3 cm³/mol. The highest BCUT2D eigenvalue weighted by Gasteiger charge is 2.45. The Morgan fingerprint density at radius 2 is 2.18 bits per heavy atom. The van der Waals surface area contributed by atoms with Crippen LogP contribution in [0, 0.1) is 11.8 Å². The van der Waals surface area contributed by atoms with Crippen molar-refractivity contribution in [3.8, 4) is 11.5 Å². The van der Waals surface area contributed by atoms with E-state index in [9.17, 15) is 9.90 Å². The Morgan fingerprint density at radius 3 is 2.82 bits per heavy atom. The second kappa shape index (κ2) is 5.91. The van der Waals surface area contributed by atoms with E-state index in [0.717, 1.165) is 18.4 Å². The summed E-state index contributed by atoms with van der Waals surface area (Å²) in [5.41, 5.74) is 0.861. The van der Waals surface area contributed by atoms with Gasteiger partial charge in [0, 0.05) is 17.7 Å². The van der Waals surface area contributed by atoms with Crippen LogP contribution in [0.3, 0.4) is 0 Å². The molecule has 5 nitrogen and oxygen atoms in total. The molecule has 3 rings (SSSR count). The lowest BCUT2D eigenvalue weighted by Gasteiger charge is -2.46. The van der Waals surface area contributed by atoms with Gasteiger partial charge in [-0.05, 0) is 36.8 Å². The van der Waals surface area contributed by atoms with Gasteiger partial charge >= 0.3 is 6.09 Å². The van der Waals surface area contributed by atoms with E-state index in [1.165, 1.54) is 0 Å². The van der Waals surface area contributed by atoms with E-state index in [1.807, 2.05) is 12.1 Å². The van der Waals surface area contributed by atoms with Gasteiger partial charge in [-0.15, -0.1) is 0 Å². The third-order valence-corrected chi connectivity index (χ3v) is 4.83. The van der Waals surface area contributed by atoms with Crippen LogP contribution in [0.2, 0.25) is 0 Å². The molecule has 0 bridgehead atoms. The van der Waals surface area contributed by atoms with Crippen molar-refractivity contribution in [2.24, 2.45) is 11.8 Å². The van der Waals surface area contributed by atoms with E-state index in [4.69, 9.17) is 9.47 Å². The van der Waals surface area contributed by atoms with E-state index in [0.29, 0.717) is 29.9 Å². The zero-order chi connectivity index (χ0) is 15.7. The maximum Gasteiger partial charge on any atom is 0.407 e. The molecule has 0 aliphatic heterocycles. The maximum absolute atomic E-state index is 11.7. The molecule has 1 aromatic rings. The van der Waals surface area contributed by atoms with Crippen LogP contribution in [-0.4, -0.2) is 36.4 Å². The normalized spacial score (nSPS) is 25.3. The van der Waals surface area contributed by atoms with Crippen molar-refractivity contribution in [1.29, 1.82) is 0 Å². The molecule has 1 N–H and O–H groups in total. The van der Waals surface area contributed by atoms with Crippen LogP contribution in [0.5, 0.6) is 11.5 Å². The SMILES string of the molecule is COc1ccc(CN(C(=O)O)[C@H]2C[C@@H]3C=CC[C@H]32)c(OC)c1. The highest BCUT2D eigenvalue weighted by Crippen LogP contribution is 2.46. The van der Waals surface area contributed by atoms with Crippen LogP contribution in [0.25, 0.3) is 0 Å². The van der Waals surface area contributed by atoms with Crippen LogP contribution in [0.1, 0.15) is 18.4 Å². The third-order valence-electron chi connectivity index (χ3n) is 4.83. The van der Waals surface area contributed by atoms with Gasteiger partial charge < -0.3 is 19.5 Å². The van der Waals surface area contributed by atoms with Gasteiger partial charge in [0.05, 0.1) is 20.8 Å². The predicted octanol–water partition coefficient (Wildman–Crippen LogP) is 3.15. The summed E-state index contributed by atoms with van der Waals surface area (Å²) in [5.74, 6) is 2.36. The average Bonchev–Trinajstić information content (AvgIpc) is 2.87. The van der Waals surface area contributed by atoms with Crippen LogP contribution < -0.4 is 9.47 Å². The molecule has 0 heterocycles. The molecule has 1 fully saturated rings. The van der Waals surface area contributed by atoms with E-state index < -0.39 is 6.09 Å². The molecule has 5 heteroatoms. The smallest absolute Gasteiger partial charge is 0.407 e. The first-order valence-corrected chi connectivity index (χ1v) is 7.51. The van der Waals surface area contributed by atoms with Crippen LogP contribution >= 0.6 is 0 Å². The lowest BCUT2D eigenvalue weighted by atomic mass is 9.70. The number of fused-ring (bicyclic) bond motifs is 1. The Balaban J connectivity index is 1.78. The minimum atomic E-state index is -0.867. The number of hydrogen-bond donors (Lipinski definition) is 1. The van der Waals surface area contributed by atoms with Gasteiger partial charge in [0.2, 0.25) is 0 Å². The molecule has 2 aliphatic carbocycles. The number of amides is 1. The Bertz CT molecular complexity index is 598. The van der Waals surface area contributed by atoms with Crippen molar-refractivity contribution in [2.45, 2.75) is 25.4 Å². The standard InChI is InChI=1S/C17H21NO4/c1-21-13-7-6-12(16(9-13)22-2)10-18(17(19)20)15-8-11-4-3-5-14(11)15/h3-4,6-7,9,11,14-15H,5,8,10H2,1-2H3,(H,19,20)/t11-,14+,15-/m0/s1. The summed E-state index contributed by atoms with van der Waals surface area (Å²) in [5, 5.41) is 9.59.